The fourth-order valence-corrected chi connectivity index (χ4v) is 1.78. The van der Waals surface area contributed by atoms with Crippen LogP contribution < -0.4 is 5.32 Å². The molecule has 3 rings (SSSR count). The Hall–Kier alpha value is -2.56. The molecule has 0 aliphatic carbocycles. The van der Waals surface area contributed by atoms with E-state index in [9.17, 15) is 0 Å². The third-order valence-corrected chi connectivity index (χ3v) is 2.72. The van der Waals surface area contributed by atoms with Crippen LogP contribution in [-0.4, -0.2) is 19.7 Å². The number of anilines is 1. The van der Waals surface area contributed by atoms with Crippen LogP contribution in [0.2, 0.25) is 0 Å². The summed E-state index contributed by atoms with van der Waals surface area (Å²) < 4.78 is 1.88. The van der Waals surface area contributed by atoms with Crippen LogP contribution in [0.5, 0.6) is 0 Å². The molecular weight excluding hydrogens is 226 g/mol. The van der Waals surface area contributed by atoms with E-state index in [4.69, 9.17) is 0 Å². The van der Waals surface area contributed by atoms with E-state index in [1.165, 1.54) is 5.56 Å². The lowest BCUT2D eigenvalue weighted by atomic mass is 10.2. The second-order valence-electron chi connectivity index (χ2n) is 3.99. The van der Waals surface area contributed by atoms with E-state index >= 15 is 0 Å². The van der Waals surface area contributed by atoms with Crippen molar-refractivity contribution in [3.05, 3.63) is 60.9 Å². The summed E-state index contributed by atoms with van der Waals surface area (Å²) in [6, 6.07) is 10.2. The number of hydrogen-bond donors (Lipinski definition) is 2. The second kappa shape index (κ2) is 4.75. The summed E-state index contributed by atoms with van der Waals surface area (Å²) in [5.41, 5.74) is 3.34. The first-order chi connectivity index (χ1) is 8.92. The van der Waals surface area contributed by atoms with E-state index in [1.54, 1.807) is 12.7 Å². The van der Waals surface area contributed by atoms with Gasteiger partial charge in [0.2, 0.25) is 0 Å². The van der Waals surface area contributed by atoms with Crippen molar-refractivity contribution in [2.45, 2.75) is 6.54 Å². The molecule has 0 saturated carbocycles. The van der Waals surface area contributed by atoms with Gasteiger partial charge in [0.15, 0.2) is 0 Å². The van der Waals surface area contributed by atoms with E-state index in [1.807, 2.05) is 35.2 Å². The molecule has 0 aliphatic rings. The zero-order valence-corrected chi connectivity index (χ0v) is 9.74. The van der Waals surface area contributed by atoms with Gasteiger partial charge in [0.1, 0.15) is 12.7 Å². The van der Waals surface area contributed by atoms with Crippen molar-refractivity contribution in [2.75, 3.05) is 5.32 Å². The predicted molar refractivity (Wildman–Crippen MR) is 69.5 cm³/mol. The van der Waals surface area contributed by atoms with Crippen LogP contribution in [0.4, 0.5) is 5.69 Å². The lowest BCUT2D eigenvalue weighted by Crippen LogP contribution is -1.99. The average Bonchev–Trinajstić information content (AvgIpc) is 3.10. The molecule has 5 heteroatoms. The van der Waals surface area contributed by atoms with E-state index < -0.39 is 0 Å². The average molecular weight is 239 g/mol. The number of hydrogen-bond acceptors (Lipinski definition) is 3. The van der Waals surface area contributed by atoms with Crippen molar-refractivity contribution in [1.82, 2.24) is 19.7 Å². The van der Waals surface area contributed by atoms with Gasteiger partial charge in [0, 0.05) is 24.6 Å². The molecule has 0 aliphatic heterocycles. The van der Waals surface area contributed by atoms with E-state index in [0.29, 0.717) is 0 Å². The molecule has 0 atom stereocenters. The summed E-state index contributed by atoms with van der Waals surface area (Å²) in [5.74, 6) is 0. The monoisotopic (exact) mass is 239 g/mol. The van der Waals surface area contributed by atoms with Crippen LogP contribution in [0.15, 0.2) is 55.4 Å². The number of nitrogens with zero attached hydrogens (tertiary/aromatic N) is 3. The number of benzene rings is 1. The highest BCUT2D eigenvalue weighted by molar-refractivity contribution is 5.51. The van der Waals surface area contributed by atoms with Crippen molar-refractivity contribution >= 4 is 5.69 Å². The molecular formula is C13H13N5. The molecule has 1 aromatic carbocycles. The van der Waals surface area contributed by atoms with Crippen molar-refractivity contribution in [2.24, 2.45) is 0 Å². The number of H-pyrrole nitrogens is 1. The largest absolute Gasteiger partial charge is 0.381 e. The van der Waals surface area contributed by atoms with Crippen molar-refractivity contribution in [3.8, 4) is 5.69 Å². The second-order valence-corrected chi connectivity index (χ2v) is 3.99. The lowest BCUT2D eigenvalue weighted by molar-refractivity contribution is 1.05. The Bertz CT molecular complexity index is 598. The van der Waals surface area contributed by atoms with Crippen molar-refractivity contribution in [1.29, 1.82) is 0 Å². The fourth-order valence-electron chi connectivity index (χ4n) is 1.78. The first kappa shape index (κ1) is 10.6. The maximum absolute atomic E-state index is 3.80. The van der Waals surface area contributed by atoms with E-state index in [0.717, 1.165) is 17.9 Å². The van der Waals surface area contributed by atoms with Crippen molar-refractivity contribution in [3.63, 3.8) is 0 Å². The summed E-state index contributed by atoms with van der Waals surface area (Å²) in [4.78, 5) is 3.04. The Balaban J connectivity index is 1.75. The summed E-state index contributed by atoms with van der Waals surface area (Å²) in [5, 5.41) is 11.0. The summed E-state index contributed by atoms with van der Waals surface area (Å²) in [6.45, 7) is 0.801. The molecule has 0 saturated heterocycles. The number of rotatable bonds is 4. The van der Waals surface area contributed by atoms with Crippen LogP contribution in [0, 0.1) is 0 Å². The summed E-state index contributed by atoms with van der Waals surface area (Å²) >= 11 is 0. The molecule has 5 nitrogen and oxygen atoms in total. The van der Waals surface area contributed by atoms with Gasteiger partial charge in [-0.3, -0.25) is 4.57 Å². The van der Waals surface area contributed by atoms with Gasteiger partial charge in [0.05, 0.1) is 5.69 Å². The van der Waals surface area contributed by atoms with Crippen molar-refractivity contribution < 1.29 is 0 Å². The smallest absolute Gasteiger partial charge is 0.123 e. The molecule has 18 heavy (non-hydrogen) atoms. The molecule has 90 valence electrons. The summed E-state index contributed by atoms with van der Waals surface area (Å²) in [7, 11) is 0. The highest BCUT2D eigenvalue weighted by Gasteiger charge is 1.98. The highest BCUT2D eigenvalue weighted by atomic mass is 15.2. The molecule has 0 radical (unpaired) electrons. The van der Waals surface area contributed by atoms with E-state index in [-0.39, 0.29) is 0 Å². The maximum Gasteiger partial charge on any atom is 0.123 e. The van der Waals surface area contributed by atoms with Gasteiger partial charge >= 0.3 is 0 Å². The molecule has 0 fully saturated rings. The van der Waals surface area contributed by atoms with Gasteiger partial charge in [-0.25, -0.2) is 0 Å². The predicted octanol–water partition coefficient (Wildman–Crippen LogP) is 2.21. The van der Waals surface area contributed by atoms with Crippen LogP contribution in [0.3, 0.4) is 0 Å². The Morgan fingerprint density at radius 3 is 2.83 bits per heavy atom. The van der Waals surface area contributed by atoms with E-state index in [2.05, 4.69) is 32.6 Å². The van der Waals surface area contributed by atoms with Gasteiger partial charge in [-0.1, -0.05) is 6.07 Å². The number of nitrogens with one attached hydrogen (secondary N) is 2. The minimum Gasteiger partial charge on any atom is -0.381 e. The van der Waals surface area contributed by atoms with Crippen LogP contribution in [-0.2, 0) is 6.54 Å². The minimum atomic E-state index is 0.801. The zero-order chi connectivity index (χ0) is 12.2. The minimum absolute atomic E-state index is 0.801. The first-order valence-electron chi connectivity index (χ1n) is 5.72. The Kier molecular flexibility index (Phi) is 2.79. The van der Waals surface area contributed by atoms with Gasteiger partial charge < -0.3 is 10.3 Å². The SMILES string of the molecule is c1cc(NCc2cc[nH]c2)cc(-n2cnnc2)c1. The van der Waals surface area contributed by atoms with Crippen LogP contribution in [0.1, 0.15) is 5.56 Å². The third-order valence-electron chi connectivity index (χ3n) is 2.72. The highest BCUT2D eigenvalue weighted by Crippen LogP contribution is 2.14. The Morgan fingerprint density at radius 1 is 1.17 bits per heavy atom. The van der Waals surface area contributed by atoms with Gasteiger partial charge in [-0.2, -0.15) is 0 Å². The van der Waals surface area contributed by atoms with Gasteiger partial charge in [-0.15, -0.1) is 10.2 Å². The fraction of sp³-hybridized carbons (Fsp3) is 0.0769. The molecule has 2 N–H and O–H groups in total. The Labute approximate surface area is 104 Å². The molecule has 3 aromatic rings. The molecule has 2 aromatic heterocycles. The quantitative estimate of drug-likeness (QED) is 0.733. The van der Waals surface area contributed by atoms with Crippen LogP contribution >= 0.6 is 0 Å². The van der Waals surface area contributed by atoms with Gasteiger partial charge in [0.25, 0.3) is 0 Å². The molecule has 0 spiro atoms. The maximum atomic E-state index is 3.80. The van der Waals surface area contributed by atoms with Gasteiger partial charge in [-0.05, 0) is 29.8 Å². The third kappa shape index (κ3) is 2.24. The first-order valence-corrected chi connectivity index (χ1v) is 5.72. The Morgan fingerprint density at radius 2 is 2.06 bits per heavy atom. The zero-order valence-electron chi connectivity index (χ0n) is 9.74. The molecule has 2 heterocycles. The standard InChI is InChI=1S/C13H13N5/c1-2-12(15-8-11-4-5-14-7-11)6-13(3-1)18-9-16-17-10-18/h1-7,9-10,14-15H,8H2. The lowest BCUT2D eigenvalue weighted by Gasteiger charge is -2.07. The molecule has 0 bridgehead atoms. The van der Waals surface area contributed by atoms with Crippen LogP contribution in [0.25, 0.3) is 5.69 Å². The number of aromatic nitrogens is 4. The summed E-state index contributed by atoms with van der Waals surface area (Å²) in [6.07, 6.45) is 7.28. The molecule has 0 amide bonds. The molecule has 0 unspecified atom stereocenters. The number of aromatic amines is 1. The normalized spacial score (nSPS) is 10.4. The topological polar surface area (TPSA) is 58.5 Å².